The molecular formula is C18H26O4. The molecule has 1 N–H and O–H groups in total. The molecule has 0 radical (unpaired) electrons. The zero-order valence-electron chi connectivity index (χ0n) is 13.3. The molecule has 0 atom stereocenters. The predicted molar refractivity (Wildman–Crippen MR) is 85.1 cm³/mol. The van der Waals surface area contributed by atoms with Crippen molar-refractivity contribution in [2.75, 3.05) is 0 Å². The van der Waals surface area contributed by atoms with Gasteiger partial charge in [-0.15, -0.1) is 0 Å². The molecule has 122 valence electrons. The van der Waals surface area contributed by atoms with Crippen molar-refractivity contribution in [1.29, 1.82) is 0 Å². The van der Waals surface area contributed by atoms with Crippen LogP contribution in [0.4, 0.5) is 0 Å². The van der Waals surface area contributed by atoms with Crippen molar-refractivity contribution in [2.24, 2.45) is 0 Å². The van der Waals surface area contributed by atoms with E-state index in [4.69, 9.17) is 14.6 Å². The lowest BCUT2D eigenvalue weighted by Crippen LogP contribution is -2.16. The van der Waals surface area contributed by atoms with Crippen molar-refractivity contribution in [3.05, 3.63) is 35.3 Å². The van der Waals surface area contributed by atoms with Crippen LogP contribution < -0.4 is 0 Å². The van der Waals surface area contributed by atoms with E-state index in [0.29, 0.717) is 5.57 Å². The minimum atomic E-state index is -0.851. The topological polar surface area (TPSA) is 55.8 Å². The Bertz CT molecular complexity index is 447. The fourth-order valence-corrected chi connectivity index (χ4v) is 2.67. The number of carboxylic acids is 1. The first-order valence-corrected chi connectivity index (χ1v) is 8.26. The Hall–Kier alpha value is -1.71. The monoisotopic (exact) mass is 306 g/mol. The van der Waals surface area contributed by atoms with Gasteiger partial charge in [0.1, 0.15) is 0 Å². The second-order valence-electron chi connectivity index (χ2n) is 5.91. The molecule has 0 saturated heterocycles. The minimum absolute atomic E-state index is 0.243. The number of rotatable bonds is 9. The zero-order valence-corrected chi connectivity index (χ0v) is 13.3. The van der Waals surface area contributed by atoms with Crippen LogP contribution in [-0.4, -0.2) is 17.4 Å². The summed E-state index contributed by atoms with van der Waals surface area (Å²) in [6.07, 6.45) is 14.7. The fraction of sp³-hybridized carbons (Fsp3) is 0.611. The van der Waals surface area contributed by atoms with Gasteiger partial charge in [0, 0.05) is 24.8 Å². The first kappa shape index (κ1) is 16.7. The Morgan fingerprint density at radius 3 is 2.27 bits per heavy atom. The molecule has 0 spiro atoms. The molecule has 0 aromatic rings. The van der Waals surface area contributed by atoms with Crippen molar-refractivity contribution in [3.63, 3.8) is 0 Å². The molecule has 0 unspecified atom stereocenters. The third-order valence-electron chi connectivity index (χ3n) is 4.00. The van der Waals surface area contributed by atoms with Crippen LogP contribution in [0.5, 0.6) is 0 Å². The van der Waals surface area contributed by atoms with Crippen LogP contribution in [0.3, 0.4) is 0 Å². The lowest BCUT2D eigenvalue weighted by molar-refractivity contribution is -0.132. The molecule has 0 amide bonds. The van der Waals surface area contributed by atoms with Gasteiger partial charge in [0.05, 0.1) is 11.5 Å². The third-order valence-corrected chi connectivity index (χ3v) is 4.00. The molecule has 0 aromatic heterocycles. The second kappa shape index (κ2) is 8.66. The summed E-state index contributed by atoms with van der Waals surface area (Å²) in [6.45, 7) is 1.62. The Morgan fingerprint density at radius 2 is 1.82 bits per heavy atom. The van der Waals surface area contributed by atoms with Crippen molar-refractivity contribution in [3.8, 4) is 0 Å². The van der Waals surface area contributed by atoms with Gasteiger partial charge in [-0.25, -0.2) is 4.79 Å². The first-order chi connectivity index (χ1) is 10.6. The summed E-state index contributed by atoms with van der Waals surface area (Å²) in [5.74, 6) is 1.23. The third kappa shape index (κ3) is 5.58. The molecule has 2 aliphatic carbocycles. The number of ether oxygens (including phenoxy) is 2. The van der Waals surface area contributed by atoms with Gasteiger partial charge in [-0.3, -0.25) is 0 Å². The standard InChI is InChI=1S/C18H26O4/c1-14(18(19)20)8-2-7-13-17(21-15-9-3-4-10-15)22-16-11-5-6-12-16/h8-9,11,17H,2-7,10,12-13H2,1H3,(H,19,20). The first-order valence-electron chi connectivity index (χ1n) is 8.26. The number of unbranched alkanes of at least 4 members (excludes halogenated alkanes) is 1. The maximum atomic E-state index is 10.8. The molecule has 0 bridgehead atoms. The number of allylic oxidation sites excluding steroid dienone is 5. The SMILES string of the molecule is CC(=CCCCC(OC1=CCCC1)OC1=CCCC1)C(=O)O. The summed E-state index contributed by atoms with van der Waals surface area (Å²) in [5.41, 5.74) is 0.399. The molecule has 22 heavy (non-hydrogen) atoms. The molecule has 4 heteroatoms. The van der Waals surface area contributed by atoms with Crippen molar-refractivity contribution in [1.82, 2.24) is 0 Å². The maximum absolute atomic E-state index is 10.8. The molecule has 0 saturated carbocycles. The maximum Gasteiger partial charge on any atom is 0.330 e. The lowest BCUT2D eigenvalue weighted by Gasteiger charge is -2.21. The normalized spacial score (nSPS) is 18.4. The van der Waals surface area contributed by atoms with Crippen LogP contribution in [0.2, 0.25) is 0 Å². The Morgan fingerprint density at radius 1 is 1.23 bits per heavy atom. The summed E-state index contributed by atoms with van der Waals surface area (Å²) >= 11 is 0. The van der Waals surface area contributed by atoms with Gasteiger partial charge in [0.15, 0.2) is 0 Å². The van der Waals surface area contributed by atoms with Crippen LogP contribution in [0.15, 0.2) is 35.3 Å². The van der Waals surface area contributed by atoms with Crippen LogP contribution in [0.1, 0.15) is 64.7 Å². The van der Waals surface area contributed by atoms with E-state index in [1.54, 1.807) is 13.0 Å². The average Bonchev–Trinajstić information content (AvgIpc) is 3.16. The molecule has 0 heterocycles. The van der Waals surface area contributed by atoms with Crippen molar-refractivity contribution in [2.45, 2.75) is 71.0 Å². The second-order valence-corrected chi connectivity index (χ2v) is 5.91. The summed E-state index contributed by atoms with van der Waals surface area (Å²) in [6, 6.07) is 0. The fourth-order valence-electron chi connectivity index (χ4n) is 2.67. The van der Waals surface area contributed by atoms with Gasteiger partial charge in [0.2, 0.25) is 6.29 Å². The van der Waals surface area contributed by atoms with Crippen LogP contribution in [0.25, 0.3) is 0 Å². The summed E-state index contributed by atoms with van der Waals surface area (Å²) in [4.78, 5) is 10.8. The zero-order chi connectivity index (χ0) is 15.8. The molecular weight excluding hydrogens is 280 g/mol. The lowest BCUT2D eigenvalue weighted by atomic mass is 10.1. The van der Waals surface area contributed by atoms with Gasteiger partial charge < -0.3 is 14.6 Å². The number of hydrogen-bond donors (Lipinski definition) is 1. The van der Waals surface area contributed by atoms with E-state index >= 15 is 0 Å². The molecule has 0 fully saturated rings. The van der Waals surface area contributed by atoms with E-state index in [-0.39, 0.29) is 6.29 Å². The molecule has 4 nitrogen and oxygen atoms in total. The quantitative estimate of drug-likeness (QED) is 0.382. The van der Waals surface area contributed by atoms with Crippen molar-refractivity contribution < 1.29 is 19.4 Å². The smallest absolute Gasteiger partial charge is 0.330 e. The van der Waals surface area contributed by atoms with Crippen molar-refractivity contribution >= 4 is 5.97 Å². The predicted octanol–water partition coefficient (Wildman–Crippen LogP) is 4.68. The Kier molecular flexibility index (Phi) is 6.56. The Labute approximate surface area is 132 Å². The van der Waals surface area contributed by atoms with E-state index in [1.807, 2.05) is 0 Å². The van der Waals surface area contributed by atoms with E-state index < -0.39 is 5.97 Å². The van der Waals surface area contributed by atoms with E-state index in [0.717, 1.165) is 69.3 Å². The van der Waals surface area contributed by atoms with Gasteiger partial charge in [-0.05, 0) is 57.6 Å². The molecule has 2 aliphatic rings. The highest BCUT2D eigenvalue weighted by atomic mass is 16.7. The van der Waals surface area contributed by atoms with Gasteiger partial charge in [-0.1, -0.05) is 6.08 Å². The van der Waals surface area contributed by atoms with E-state index in [1.165, 1.54) is 0 Å². The molecule has 2 rings (SSSR count). The highest BCUT2D eigenvalue weighted by Crippen LogP contribution is 2.26. The van der Waals surface area contributed by atoms with Crippen LogP contribution in [0, 0.1) is 0 Å². The van der Waals surface area contributed by atoms with Crippen LogP contribution in [-0.2, 0) is 14.3 Å². The summed E-state index contributed by atoms with van der Waals surface area (Å²) in [7, 11) is 0. The minimum Gasteiger partial charge on any atom is -0.478 e. The van der Waals surface area contributed by atoms with Crippen LogP contribution >= 0.6 is 0 Å². The number of carboxylic acid groups (broad SMARTS) is 1. The highest BCUT2D eigenvalue weighted by Gasteiger charge is 2.18. The van der Waals surface area contributed by atoms with E-state index in [2.05, 4.69) is 12.2 Å². The van der Waals surface area contributed by atoms with Gasteiger partial charge in [-0.2, -0.15) is 0 Å². The summed E-state index contributed by atoms with van der Waals surface area (Å²) < 4.78 is 12.0. The highest BCUT2D eigenvalue weighted by molar-refractivity contribution is 5.85. The largest absolute Gasteiger partial charge is 0.478 e. The number of carbonyl (C=O) groups is 1. The number of aliphatic carboxylic acids is 1. The van der Waals surface area contributed by atoms with Gasteiger partial charge in [0.25, 0.3) is 0 Å². The van der Waals surface area contributed by atoms with E-state index in [9.17, 15) is 4.79 Å². The average molecular weight is 306 g/mol. The molecule has 0 aliphatic heterocycles. The number of hydrogen-bond acceptors (Lipinski definition) is 3. The van der Waals surface area contributed by atoms with Gasteiger partial charge >= 0.3 is 5.97 Å². The summed E-state index contributed by atoms with van der Waals surface area (Å²) in [5, 5.41) is 8.84. The Balaban J connectivity index is 1.80. The molecule has 0 aromatic carbocycles.